The monoisotopic (exact) mass is 268 g/mol. The van der Waals surface area contributed by atoms with Crippen LogP contribution in [0.2, 0.25) is 0 Å². The summed E-state index contributed by atoms with van der Waals surface area (Å²) in [4.78, 5) is 14.6. The first-order valence-corrected chi connectivity index (χ1v) is 5.98. The molecule has 0 saturated heterocycles. The molecule has 0 aliphatic rings. The van der Waals surface area contributed by atoms with Crippen LogP contribution < -0.4 is 5.32 Å². The molecule has 1 aromatic carbocycles. The maximum atomic E-state index is 10.9. The van der Waals surface area contributed by atoms with Crippen LogP contribution in [0.4, 0.5) is 11.4 Å². The zero-order valence-corrected chi connectivity index (χ0v) is 10.8. The lowest BCUT2D eigenvalue weighted by molar-refractivity contribution is -0.385. The summed E-state index contributed by atoms with van der Waals surface area (Å²) in [5.41, 5.74) is 1.25. The van der Waals surface area contributed by atoms with Gasteiger partial charge in [-0.1, -0.05) is 6.07 Å². The molecule has 1 N–H and O–H groups in total. The van der Waals surface area contributed by atoms with Crippen LogP contribution in [0.15, 0.2) is 42.6 Å². The Balaban J connectivity index is 2.25. The number of pyridine rings is 1. The molecule has 0 radical (unpaired) electrons. The SMILES string of the molecule is CC(Nc1ccc(C#N)c([N+](=O)[O-])c1)c1ccccn1. The van der Waals surface area contributed by atoms with Crippen LogP contribution in [0.1, 0.15) is 24.2 Å². The Labute approximate surface area is 115 Å². The van der Waals surface area contributed by atoms with E-state index < -0.39 is 4.92 Å². The average Bonchev–Trinajstić information content (AvgIpc) is 2.48. The van der Waals surface area contributed by atoms with Gasteiger partial charge in [0.05, 0.1) is 16.7 Å². The van der Waals surface area contributed by atoms with Crippen molar-refractivity contribution in [3.8, 4) is 6.07 Å². The molecule has 0 spiro atoms. The summed E-state index contributed by atoms with van der Waals surface area (Å²) in [6.45, 7) is 1.91. The first-order valence-electron chi connectivity index (χ1n) is 5.98. The number of nitrogens with zero attached hydrogens (tertiary/aromatic N) is 3. The summed E-state index contributed by atoms with van der Waals surface area (Å²) in [7, 11) is 0. The first kappa shape index (κ1) is 13.5. The number of rotatable bonds is 4. The van der Waals surface area contributed by atoms with Crippen LogP contribution in [0.25, 0.3) is 0 Å². The van der Waals surface area contributed by atoms with Gasteiger partial charge in [0.25, 0.3) is 5.69 Å². The van der Waals surface area contributed by atoms with Crippen molar-refractivity contribution in [3.05, 3.63) is 64.0 Å². The highest BCUT2D eigenvalue weighted by atomic mass is 16.6. The van der Waals surface area contributed by atoms with Crippen molar-refractivity contribution in [2.45, 2.75) is 13.0 Å². The molecule has 1 unspecified atom stereocenters. The van der Waals surface area contributed by atoms with Crippen molar-refractivity contribution < 1.29 is 4.92 Å². The number of nitro groups is 1. The second-order valence-corrected chi connectivity index (χ2v) is 4.22. The second kappa shape index (κ2) is 5.80. The minimum absolute atomic E-state index is 0.0473. The van der Waals surface area contributed by atoms with Crippen LogP contribution in [-0.2, 0) is 0 Å². The molecule has 1 heterocycles. The number of hydrogen-bond acceptors (Lipinski definition) is 5. The largest absolute Gasteiger partial charge is 0.377 e. The highest BCUT2D eigenvalue weighted by Crippen LogP contribution is 2.25. The van der Waals surface area contributed by atoms with E-state index >= 15 is 0 Å². The number of anilines is 1. The van der Waals surface area contributed by atoms with Crippen molar-refractivity contribution in [2.24, 2.45) is 0 Å². The number of nitriles is 1. The lowest BCUT2D eigenvalue weighted by atomic mass is 10.1. The first-order chi connectivity index (χ1) is 9.61. The smallest absolute Gasteiger partial charge is 0.289 e. The van der Waals surface area contributed by atoms with Crippen molar-refractivity contribution >= 4 is 11.4 Å². The maximum absolute atomic E-state index is 10.9. The van der Waals surface area contributed by atoms with Gasteiger partial charge in [-0.25, -0.2) is 0 Å². The maximum Gasteiger partial charge on any atom is 0.289 e. The van der Waals surface area contributed by atoms with Crippen molar-refractivity contribution in [1.82, 2.24) is 4.98 Å². The molecule has 1 atom stereocenters. The lowest BCUT2D eigenvalue weighted by Crippen LogP contribution is -2.08. The highest BCUT2D eigenvalue weighted by Gasteiger charge is 2.15. The molecule has 0 aliphatic carbocycles. The fourth-order valence-corrected chi connectivity index (χ4v) is 1.82. The molecule has 6 nitrogen and oxygen atoms in total. The number of nitro benzene ring substituents is 1. The fourth-order valence-electron chi connectivity index (χ4n) is 1.82. The third-order valence-corrected chi connectivity index (χ3v) is 2.83. The zero-order chi connectivity index (χ0) is 14.5. The standard InChI is InChI=1S/C14H12N4O2/c1-10(13-4-2-3-7-16-13)17-12-6-5-11(9-15)14(8-12)18(19)20/h2-8,10,17H,1H3. The number of hydrogen-bond donors (Lipinski definition) is 1. The van der Waals surface area contributed by atoms with Gasteiger partial charge >= 0.3 is 0 Å². The Morgan fingerprint density at radius 2 is 2.20 bits per heavy atom. The summed E-state index contributed by atoms with van der Waals surface area (Å²) in [6, 6.07) is 11.7. The Hall–Kier alpha value is -2.94. The molecule has 100 valence electrons. The summed E-state index contributed by atoms with van der Waals surface area (Å²) in [5, 5.41) is 22.9. The Bertz CT molecular complexity index is 665. The minimum atomic E-state index is -0.560. The molecule has 1 aromatic heterocycles. The van der Waals surface area contributed by atoms with Gasteiger partial charge in [0.15, 0.2) is 0 Å². The molecule has 0 amide bonds. The Morgan fingerprint density at radius 1 is 1.40 bits per heavy atom. The fraction of sp³-hybridized carbons (Fsp3) is 0.143. The van der Waals surface area contributed by atoms with Gasteiger partial charge in [0, 0.05) is 18.0 Å². The Kier molecular flexibility index (Phi) is 3.91. The number of benzene rings is 1. The summed E-state index contributed by atoms with van der Waals surface area (Å²) in [5.74, 6) is 0. The molecule has 6 heteroatoms. The minimum Gasteiger partial charge on any atom is -0.377 e. The van der Waals surface area contributed by atoms with E-state index in [9.17, 15) is 10.1 Å². The number of aromatic nitrogens is 1. The van der Waals surface area contributed by atoms with Crippen LogP contribution in [-0.4, -0.2) is 9.91 Å². The average molecular weight is 268 g/mol. The molecular weight excluding hydrogens is 256 g/mol. The van der Waals surface area contributed by atoms with E-state index in [0.717, 1.165) is 5.69 Å². The van der Waals surface area contributed by atoms with Gasteiger partial charge < -0.3 is 5.32 Å². The molecule has 0 aliphatic heterocycles. The van der Waals surface area contributed by atoms with E-state index in [-0.39, 0.29) is 17.3 Å². The molecular formula is C14H12N4O2. The molecule has 0 fully saturated rings. The van der Waals surface area contributed by atoms with Crippen LogP contribution >= 0.6 is 0 Å². The number of nitrogens with one attached hydrogen (secondary N) is 1. The van der Waals surface area contributed by atoms with Crippen molar-refractivity contribution in [1.29, 1.82) is 5.26 Å². The molecule has 20 heavy (non-hydrogen) atoms. The van der Waals surface area contributed by atoms with Gasteiger partial charge in [-0.3, -0.25) is 15.1 Å². The van der Waals surface area contributed by atoms with Gasteiger partial charge in [-0.15, -0.1) is 0 Å². The van der Waals surface area contributed by atoms with Crippen LogP contribution in [0.5, 0.6) is 0 Å². The predicted molar refractivity (Wildman–Crippen MR) is 74.1 cm³/mol. The quantitative estimate of drug-likeness (QED) is 0.679. The second-order valence-electron chi connectivity index (χ2n) is 4.22. The topological polar surface area (TPSA) is 91.8 Å². The van der Waals surface area contributed by atoms with Gasteiger partial charge in [0.2, 0.25) is 0 Å². The van der Waals surface area contributed by atoms with Gasteiger partial charge in [-0.2, -0.15) is 5.26 Å². The van der Waals surface area contributed by atoms with Gasteiger partial charge in [-0.05, 0) is 31.2 Å². The summed E-state index contributed by atoms with van der Waals surface area (Å²) >= 11 is 0. The van der Waals surface area contributed by atoms with E-state index in [2.05, 4.69) is 10.3 Å². The zero-order valence-electron chi connectivity index (χ0n) is 10.8. The normalized spacial score (nSPS) is 11.4. The molecule has 0 saturated carbocycles. The van der Waals surface area contributed by atoms with E-state index in [1.54, 1.807) is 12.3 Å². The summed E-state index contributed by atoms with van der Waals surface area (Å²) < 4.78 is 0. The van der Waals surface area contributed by atoms with Gasteiger partial charge in [0.1, 0.15) is 11.6 Å². The predicted octanol–water partition coefficient (Wildman–Crippen LogP) is 3.03. The Morgan fingerprint density at radius 3 is 2.80 bits per heavy atom. The van der Waals surface area contributed by atoms with E-state index in [4.69, 9.17) is 5.26 Å². The molecule has 2 rings (SSSR count). The van der Waals surface area contributed by atoms with Crippen molar-refractivity contribution in [3.63, 3.8) is 0 Å². The molecule has 0 bridgehead atoms. The van der Waals surface area contributed by atoms with Crippen LogP contribution in [0.3, 0.4) is 0 Å². The van der Waals surface area contributed by atoms with Crippen molar-refractivity contribution in [2.75, 3.05) is 5.32 Å². The lowest BCUT2D eigenvalue weighted by Gasteiger charge is -2.14. The highest BCUT2D eigenvalue weighted by molar-refractivity contribution is 5.59. The third-order valence-electron chi connectivity index (χ3n) is 2.83. The van der Waals surface area contributed by atoms with Crippen LogP contribution in [0, 0.1) is 21.4 Å². The van der Waals surface area contributed by atoms with E-state index in [1.807, 2.05) is 31.2 Å². The summed E-state index contributed by atoms with van der Waals surface area (Å²) in [6.07, 6.45) is 1.69. The van der Waals surface area contributed by atoms with E-state index in [0.29, 0.717) is 5.69 Å². The van der Waals surface area contributed by atoms with E-state index in [1.165, 1.54) is 12.1 Å². The molecule has 2 aromatic rings. The third kappa shape index (κ3) is 2.90.